The summed E-state index contributed by atoms with van der Waals surface area (Å²) in [5.74, 6) is 0.0952. The molecule has 5 nitrogen and oxygen atoms in total. The third-order valence-electron chi connectivity index (χ3n) is 8.09. The van der Waals surface area contributed by atoms with E-state index in [2.05, 4.69) is 4.74 Å². The Hall–Kier alpha value is -4.00. The predicted molar refractivity (Wildman–Crippen MR) is 160 cm³/mol. The number of anilines is 2. The normalized spacial score (nSPS) is 19.0. The SMILES string of the molecule is C/C=C/c1cc(F)cc(N(Cc2ccc(-c3ccc(N(C)C)cc3)cc2F)C(=O)C2CC3CCC2C3)c1.COC=O. The average Bonchev–Trinajstić information content (AvgIpc) is 3.60. The fraction of sp³-hybridized carbons (Fsp3) is 0.353. The summed E-state index contributed by atoms with van der Waals surface area (Å²) in [6, 6.07) is 17.8. The number of allylic oxidation sites excluding steroid dienone is 1. The van der Waals surface area contributed by atoms with Gasteiger partial charge in [0.05, 0.1) is 13.7 Å². The molecule has 2 bridgehead atoms. The first kappa shape index (κ1) is 30.0. The van der Waals surface area contributed by atoms with Crippen LogP contribution in [0.1, 0.15) is 43.7 Å². The topological polar surface area (TPSA) is 49.9 Å². The summed E-state index contributed by atoms with van der Waals surface area (Å²) in [6.07, 6.45) is 7.87. The Morgan fingerprint density at radius 1 is 0.951 bits per heavy atom. The van der Waals surface area contributed by atoms with Gasteiger partial charge in [-0.15, -0.1) is 0 Å². The van der Waals surface area contributed by atoms with Gasteiger partial charge in [-0.2, -0.15) is 0 Å². The summed E-state index contributed by atoms with van der Waals surface area (Å²) in [7, 11) is 5.27. The van der Waals surface area contributed by atoms with E-state index in [1.807, 2.05) is 74.5 Å². The number of ether oxygens (including phenoxy) is 1. The molecule has 3 aromatic rings. The Morgan fingerprint density at radius 2 is 1.66 bits per heavy atom. The minimum Gasteiger partial charge on any atom is -0.471 e. The van der Waals surface area contributed by atoms with E-state index < -0.39 is 5.82 Å². The maximum absolute atomic E-state index is 15.5. The van der Waals surface area contributed by atoms with Gasteiger partial charge in [0.15, 0.2) is 0 Å². The molecule has 2 aliphatic rings. The molecule has 0 saturated heterocycles. The summed E-state index contributed by atoms with van der Waals surface area (Å²) < 4.78 is 33.9. The van der Waals surface area contributed by atoms with Crippen molar-refractivity contribution in [2.75, 3.05) is 31.0 Å². The Kier molecular flexibility index (Phi) is 9.92. The number of carbonyl (C=O) groups is 2. The Bertz CT molecular complexity index is 1390. The predicted octanol–water partition coefficient (Wildman–Crippen LogP) is 7.49. The maximum atomic E-state index is 15.5. The van der Waals surface area contributed by atoms with E-state index >= 15 is 4.39 Å². The summed E-state index contributed by atoms with van der Waals surface area (Å²) in [4.78, 5) is 26.4. The molecule has 3 unspecified atom stereocenters. The second-order valence-corrected chi connectivity index (χ2v) is 11.0. The summed E-state index contributed by atoms with van der Waals surface area (Å²) in [6.45, 7) is 2.31. The van der Waals surface area contributed by atoms with Crippen LogP contribution >= 0.6 is 0 Å². The molecule has 2 saturated carbocycles. The molecular weight excluding hydrogens is 522 g/mol. The number of nitrogens with zero attached hydrogens (tertiary/aromatic N) is 2. The lowest BCUT2D eigenvalue weighted by atomic mass is 9.87. The minimum atomic E-state index is -0.409. The van der Waals surface area contributed by atoms with Crippen molar-refractivity contribution in [2.24, 2.45) is 17.8 Å². The van der Waals surface area contributed by atoms with E-state index in [9.17, 15) is 9.18 Å². The number of benzene rings is 3. The zero-order valence-electron chi connectivity index (χ0n) is 24.1. The first-order valence-electron chi connectivity index (χ1n) is 14.0. The van der Waals surface area contributed by atoms with Crippen molar-refractivity contribution in [1.29, 1.82) is 0 Å². The highest BCUT2D eigenvalue weighted by atomic mass is 19.1. The van der Waals surface area contributed by atoms with Crippen molar-refractivity contribution >= 4 is 29.8 Å². The number of carbonyl (C=O) groups excluding carboxylic acids is 2. The Balaban J connectivity index is 0.000000909. The van der Waals surface area contributed by atoms with Crippen molar-refractivity contribution in [1.82, 2.24) is 0 Å². The lowest BCUT2D eigenvalue weighted by molar-refractivity contribution is -0.126. The van der Waals surface area contributed by atoms with Gasteiger partial charge in [-0.3, -0.25) is 9.59 Å². The highest BCUT2D eigenvalue weighted by Gasteiger charge is 2.44. The Labute approximate surface area is 241 Å². The maximum Gasteiger partial charge on any atom is 0.292 e. The van der Waals surface area contributed by atoms with Crippen LogP contribution in [0.2, 0.25) is 0 Å². The van der Waals surface area contributed by atoms with Crippen LogP contribution in [0.4, 0.5) is 20.2 Å². The summed E-state index contributed by atoms with van der Waals surface area (Å²) >= 11 is 0. The zero-order chi connectivity index (χ0) is 29.5. The van der Waals surface area contributed by atoms with Gasteiger partial charge in [0, 0.05) is 37.0 Å². The van der Waals surface area contributed by atoms with Crippen LogP contribution in [0, 0.1) is 29.4 Å². The smallest absolute Gasteiger partial charge is 0.292 e. The van der Waals surface area contributed by atoms with Crippen LogP contribution in [0.5, 0.6) is 0 Å². The molecule has 2 fully saturated rings. The van der Waals surface area contributed by atoms with Crippen LogP contribution in [0.25, 0.3) is 17.2 Å². The number of rotatable bonds is 8. The quantitative estimate of drug-likeness (QED) is 0.268. The molecule has 0 spiro atoms. The monoisotopic (exact) mass is 560 g/mol. The van der Waals surface area contributed by atoms with Crippen LogP contribution in [0.3, 0.4) is 0 Å². The third-order valence-corrected chi connectivity index (χ3v) is 8.09. The molecule has 0 aliphatic heterocycles. The van der Waals surface area contributed by atoms with Gasteiger partial charge >= 0.3 is 0 Å². The van der Waals surface area contributed by atoms with Crippen molar-refractivity contribution in [3.05, 3.63) is 89.5 Å². The average molecular weight is 561 g/mol. The highest BCUT2D eigenvalue weighted by Crippen LogP contribution is 2.49. The molecule has 41 heavy (non-hydrogen) atoms. The molecule has 0 N–H and O–H groups in total. The molecule has 0 heterocycles. The summed E-state index contributed by atoms with van der Waals surface area (Å²) in [5.41, 5.74) is 4.35. The number of amides is 1. The van der Waals surface area contributed by atoms with Crippen molar-refractivity contribution < 1.29 is 23.1 Å². The molecule has 1 amide bonds. The number of fused-ring (bicyclic) bond motifs is 2. The van der Waals surface area contributed by atoms with E-state index in [0.717, 1.165) is 36.1 Å². The number of hydrogen-bond donors (Lipinski definition) is 0. The molecule has 3 aromatic carbocycles. The summed E-state index contributed by atoms with van der Waals surface area (Å²) in [5, 5.41) is 0. The first-order valence-corrected chi connectivity index (χ1v) is 14.0. The second kappa shape index (κ2) is 13.6. The standard InChI is InChI=1S/C32H34F2N2O.C2H4O2/c1-4-5-21-15-27(33)19-29(16-21)36(32(37)30-17-22-6-7-25(30)14-22)20-26-9-8-24(18-31(26)34)23-10-12-28(13-11-23)35(2)3;1-4-2-3/h4-5,8-13,15-16,18-19,22,25,30H,6-7,14,17,20H2,1-3H3;2H,1H3/b5-4+;. The lowest BCUT2D eigenvalue weighted by Gasteiger charge is -2.30. The largest absolute Gasteiger partial charge is 0.471 e. The molecule has 0 radical (unpaired) electrons. The van der Waals surface area contributed by atoms with Gasteiger partial charge < -0.3 is 14.5 Å². The van der Waals surface area contributed by atoms with Gasteiger partial charge in [-0.05, 0) is 91.1 Å². The van der Waals surface area contributed by atoms with Crippen molar-refractivity contribution in [3.8, 4) is 11.1 Å². The number of methoxy groups -OCH3 is 1. The lowest BCUT2D eigenvalue weighted by Crippen LogP contribution is -2.38. The van der Waals surface area contributed by atoms with Crippen LogP contribution in [0.15, 0.2) is 66.7 Å². The van der Waals surface area contributed by atoms with Crippen LogP contribution in [-0.4, -0.2) is 33.6 Å². The number of hydrogen-bond acceptors (Lipinski definition) is 4. The Morgan fingerprint density at radius 3 is 2.22 bits per heavy atom. The fourth-order valence-corrected chi connectivity index (χ4v) is 6.06. The minimum absolute atomic E-state index is 0.0213. The van der Waals surface area contributed by atoms with Crippen LogP contribution in [-0.2, 0) is 20.9 Å². The van der Waals surface area contributed by atoms with E-state index in [4.69, 9.17) is 4.79 Å². The van der Waals surface area contributed by atoms with Crippen LogP contribution < -0.4 is 9.80 Å². The molecular formula is C34H38F2N2O3. The van der Waals surface area contributed by atoms with Gasteiger partial charge in [0.1, 0.15) is 11.6 Å². The van der Waals surface area contributed by atoms with E-state index in [1.54, 1.807) is 11.0 Å². The van der Waals surface area contributed by atoms with Gasteiger partial charge in [-0.1, -0.05) is 42.8 Å². The first-order chi connectivity index (χ1) is 19.7. The third kappa shape index (κ3) is 7.20. The zero-order valence-corrected chi connectivity index (χ0v) is 24.1. The molecule has 2 aliphatic carbocycles. The number of halogens is 2. The fourth-order valence-electron chi connectivity index (χ4n) is 6.06. The van der Waals surface area contributed by atoms with Crippen molar-refractivity contribution in [3.63, 3.8) is 0 Å². The second-order valence-electron chi connectivity index (χ2n) is 11.0. The van der Waals surface area contributed by atoms with E-state index in [-0.39, 0.29) is 24.2 Å². The van der Waals surface area contributed by atoms with Gasteiger partial charge in [0.2, 0.25) is 5.91 Å². The van der Waals surface area contributed by atoms with E-state index in [1.165, 1.54) is 31.7 Å². The van der Waals surface area contributed by atoms with Gasteiger partial charge in [-0.25, -0.2) is 8.78 Å². The molecule has 0 aromatic heterocycles. The molecule has 216 valence electrons. The molecule has 5 rings (SSSR count). The van der Waals surface area contributed by atoms with Crippen molar-refractivity contribution in [2.45, 2.75) is 39.2 Å². The van der Waals surface area contributed by atoms with Gasteiger partial charge in [0.25, 0.3) is 6.47 Å². The molecule has 7 heteroatoms. The molecule has 3 atom stereocenters. The highest BCUT2D eigenvalue weighted by molar-refractivity contribution is 5.95. The van der Waals surface area contributed by atoms with E-state index in [0.29, 0.717) is 35.1 Å².